The van der Waals surface area contributed by atoms with E-state index in [1.807, 2.05) is 0 Å². The Labute approximate surface area is 84.7 Å². The first-order valence-electron chi connectivity index (χ1n) is 3.64. The van der Waals surface area contributed by atoms with Gasteiger partial charge in [0, 0.05) is 0 Å². The van der Waals surface area contributed by atoms with Crippen molar-refractivity contribution < 1.29 is 13.9 Å². The van der Waals surface area contributed by atoms with Crippen molar-refractivity contribution in [2.45, 2.75) is 6.36 Å². The van der Waals surface area contributed by atoms with E-state index in [9.17, 15) is 9.18 Å². The van der Waals surface area contributed by atoms with Crippen LogP contribution in [-0.2, 0) is 4.79 Å². The molecule has 1 rings (SSSR count). The first-order valence-corrected chi connectivity index (χ1v) is 4.02. The summed E-state index contributed by atoms with van der Waals surface area (Å²) in [7, 11) is 0. The second-order valence-corrected chi connectivity index (χ2v) is 2.72. The van der Waals surface area contributed by atoms with Crippen molar-refractivity contribution in [3.05, 3.63) is 29.8 Å². The highest BCUT2D eigenvalue weighted by molar-refractivity contribution is 6.64. The number of carbonyl (C=O) groups excluding carboxylic acids is 1. The summed E-state index contributed by atoms with van der Waals surface area (Å²) in [5, 5.41) is 7.35. The van der Waals surface area contributed by atoms with Gasteiger partial charge in [-0.2, -0.15) is 9.65 Å². The zero-order valence-electron chi connectivity index (χ0n) is 6.91. The first-order chi connectivity index (χ1) is 6.65. The lowest BCUT2D eigenvalue weighted by molar-refractivity contribution is -0.124. The van der Waals surface area contributed by atoms with E-state index in [1.54, 1.807) is 18.2 Å². The molecule has 0 radical (unpaired) electrons. The Balaban J connectivity index is 2.87. The molecule has 0 aromatic heterocycles. The molecule has 0 N–H and O–H groups in total. The molecule has 0 fully saturated rings. The number of hydrogen-bond donors (Lipinski definition) is 0. The second-order valence-electron chi connectivity index (χ2n) is 2.35. The molecule has 1 unspecified atom stereocenters. The van der Waals surface area contributed by atoms with Gasteiger partial charge in [-0.1, -0.05) is 12.1 Å². The maximum atomic E-state index is 12.7. The summed E-state index contributed by atoms with van der Waals surface area (Å²) in [6.07, 6.45) is -2.24. The van der Waals surface area contributed by atoms with Crippen molar-refractivity contribution in [1.82, 2.24) is 0 Å². The topological polar surface area (TPSA) is 50.1 Å². The van der Waals surface area contributed by atoms with Gasteiger partial charge in [0.2, 0.25) is 0 Å². The molecular formula is C9H5ClFNO2. The van der Waals surface area contributed by atoms with E-state index in [2.05, 4.69) is 4.74 Å². The molecule has 0 aliphatic heterocycles. The minimum atomic E-state index is -2.24. The van der Waals surface area contributed by atoms with E-state index in [0.717, 1.165) is 0 Å². The molecule has 3 nitrogen and oxygen atoms in total. The average molecular weight is 214 g/mol. The quantitative estimate of drug-likeness (QED) is 0.722. The lowest BCUT2D eigenvalue weighted by Gasteiger charge is -2.07. The monoisotopic (exact) mass is 213 g/mol. The van der Waals surface area contributed by atoms with Crippen LogP contribution in [-0.4, -0.2) is 11.6 Å². The van der Waals surface area contributed by atoms with Crippen molar-refractivity contribution in [3.63, 3.8) is 0 Å². The minimum absolute atomic E-state index is 0.00324. The third-order valence-electron chi connectivity index (χ3n) is 1.42. The normalized spacial score (nSPS) is 11.5. The lowest BCUT2D eigenvalue weighted by Crippen LogP contribution is -2.17. The van der Waals surface area contributed by atoms with Crippen LogP contribution in [0.15, 0.2) is 24.3 Å². The smallest absolute Gasteiger partial charge is 0.312 e. The van der Waals surface area contributed by atoms with Crippen molar-refractivity contribution in [3.8, 4) is 11.8 Å². The number of rotatable bonds is 3. The van der Waals surface area contributed by atoms with Crippen LogP contribution in [0.4, 0.5) is 4.39 Å². The predicted molar refractivity (Wildman–Crippen MR) is 47.5 cm³/mol. The maximum Gasteiger partial charge on any atom is 0.312 e. The Hall–Kier alpha value is -1.60. The zero-order chi connectivity index (χ0) is 10.6. The molecule has 1 atom stereocenters. The molecule has 0 aliphatic carbocycles. The van der Waals surface area contributed by atoms with Gasteiger partial charge in [-0.25, -0.2) is 0 Å². The second kappa shape index (κ2) is 4.58. The molecule has 0 spiro atoms. The first kappa shape index (κ1) is 10.5. The SMILES string of the molecule is N#Cc1ccccc1OC(F)C(=O)Cl. The van der Waals surface area contributed by atoms with Gasteiger partial charge in [0.25, 0.3) is 5.24 Å². The van der Waals surface area contributed by atoms with E-state index in [4.69, 9.17) is 16.9 Å². The molecule has 0 aliphatic rings. The third kappa shape index (κ3) is 2.44. The van der Waals surface area contributed by atoms with Crippen molar-refractivity contribution >= 4 is 16.8 Å². The van der Waals surface area contributed by atoms with Crippen LogP contribution < -0.4 is 4.74 Å². The van der Waals surface area contributed by atoms with Crippen LogP contribution >= 0.6 is 11.6 Å². The lowest BCUT2D eigenvalue weighted by atomic mass is 10.2. The van der Waals surface area contributed by atoms with Crippen LogP contribution in [0.5, 0.6) is 5.75 Å². The van der Waals surface area contributed by atoms with Gasteiger partial charge in [0.05, 0.1) is 5.56 Å². The fraction of sp³-hybridized carbons (Fsp3) is 0.111. The fourth-order valence-corrected chi connectivity index (χ4v) is 0.864. The summed E-state index contributed by atoms with van der Waals surface area (Å²) in [6, 6.07) is 7.77. The molecular weight excluding hydrogens is 209 g/mol. The summed E-state index contributed by atoms with van der Waals surface area (Å²) < 4.78 is 17.2. The Morgan fingerprint density at radius 1 is 1.57 bits per heavy atom. The Morgan fingerprint density at radius 3 is 2.79 bits per heavy atom. The summed E-state index contributed by atoms with van der Waals surface area (Å²) >= 11 is 4.85. The molecule has 0 amide bonds. The Bertz CT molecular complexity index is 389. The molecule has 5 heteroatoms. The molecule has 0 saturated heterocycles. The highest BCUT2D eigenvalue weighted by Gasteiger charge is 2.17. The van der Waals surface area contributed by atoms with Crippen molar-refractivity contribution in [2.24, 2.45) is 0 Å². The van der Waals surface area contributed by atoms with E-state index in [1.165, 1.54) is 12.1 Å². The standard InChI is InChI=1S/C9H5ClFNO2/c10-8(13)9(11)14-7-4-2-1-3-6(7)5-12/h1-4,9H. The van der Waals surface area contributed by atoms with Gasteiger partial charge >= 0.3 is 6.36 Å². The highest BCUT2D eigenvalue weighted by atomic mass is 35.5. The van der Waals surface area contributed by atoms with Crippen LogP contribution in [0.1, 0.15) is 5.56 Å². The van der Waals surface area contributed by atoms with Crippen LogP contribution in [0, 0.1) is 11.3 Å². The summed E-state index contributed by atoms with van der Waals surface area (Å²) in [6.45, 7) is 0. The fourth-order valence-electron chi connectivity index (χ4n) is 0.820. The molecule has 0 bridgehead atoms. The van der Waals surface area contributed by atoms with E-state index >= 15 is 0 Å². The average Bonchev–Trinajstić information content (AvgIpc) is 2.18. The molecule has 0 heterocycles. The van der Waals surface area contributed by atoms with Gasteiger partial charge in [-0.15, -0.1) is 0 Å². The van der Waals surface area contributed by atoms with E-state index in [-0.39, 0.29) is 11.3 Å². The van der Waals surface area contributed by atoms with E-state index in [0.29, 0.717) is 0 Å². The largest absolute Gasteiger partial charge is 0.451 e. The van der Waals surface area contributed by atoms with Gasteiger partial charge < -0.3 is 4.74 Å². The van der Waals surface area contributed by atoms with Crippen LogP contribution in [0.25, 0.3) is 0 Å². The Kier molecular flexibility index (Phi) is 3.43. The van der Waals surface area contributed by atoms with Crippen molar-refractivity contribution in [1.29, 1.82) is 5.26 Å². The van der Waals surface area contributed by atoms with Gasteiger partial charge in [0.1, 0.15) is 11.8 Å². The molecule has 1 aromatic carbocycles. The summed E-state index contributed by atoms with van der Waals surface area (Å²) in [4.78, 5) is 10.3. The molecule has 14 heavy (non-hydrogen) atoms. The maximum absolute atomic E-state index is 12.7. The summed E-state index contributed by atoms with van der Waals surface area (Å²) in [5.41, 5.74) is 0.146. The molecule has 72 valence electrons. The summed E-state index contributed by atoms with van der Waals surface area (Å²) in [5.74, 6) is -0.00324. The number of carbonyl (C=O) groups is 1. The zero-order valence-corrected chi connectivity index (χ0v) is 7.66. The third-order valence-corrected chi connectivity index (χ3v) is 1.59. The van der Waals surface area contributed by atoms with Gasteiger partial charge in [-0.3, -0.25) is 4.79 Å². The molecule has 1 aromatic rings. The van der Waals surface area contributed by atoms with Crippen LogP contribution in [0.3, 0.4) is 0 Å². The highest BCUT2D eigenvalue weighted by Crippen LogP contribution is 2.19. The predicted octanol–water partition coefficient (Wildman–Crippen LogP) is 2.00. The van der Waals surface area contributed by atoms with E-state index < -0.39 is 11.6 Å². The molecule has 0 saturated carbocycles. The number of hydrogen-bond acceptors (Lipinski definition) is 3. The number of para-hydroxylation sites is 1. The number of alkyl halides is 1. The minimum Gasteiger partial charge on any atom is -0.451 e. The number of nitrogens with zero attached hydrogens (tertiary/aromatic N) is 1. The number of ether oxygens (including phenoxy) is 1. The van der Waals surface area contributed by atoms with Crippen molar-refractivity contribution in [2.75, 3.05) is 0 Å². The number of benzene rings is 1. The van der Waals surface area contributed by atoms with Gasteiger partial charge in [-0.05, 0) is 23.7 Å². The number of nitriles is 1. The Morgan fingerprint density at radius 2 is 2.21 bits per heavy atom. The van der Waals surface area contributed by atoms with Crippen LogP contribution in [0.2, 0.25) is 0 Å². The van der Waals surface area contributed by atoms with Gasteiger partial charge in [0.15, 0.2) is 0 Å². The number of halogens is 2.